The maximum Gasteiger partial charge on any atom is 0.122 e. The largest absolute Gasteiger partial charge is 0.496 e. The van der Waals surface area contributed by atoms with Gasteiger partial charge in [0.1, 0.15) is 5.75 Å². The first kappa shape index (κ1) is 13.7. The molecule has 1 aromatic carbocycles. The van der Waals surface area contributed by atoms with E-state index in [0.29, 0.717) is 6.04 Å². The van der Waals surface area contributed by atoms with Gasteiger partial charge in [0.05, 0.1) is 20.3 Å². The van der Waals surface area contributed by atoms with Crippen LogP contribution in [0.3, 0.4) is 0 Å². The van der Waals surface area contributed by atoms with Crippen molar-refractivity contribution in [1.82, 2.24) is 5.32 Å². The minimum atomic E-state index is 0.338. The zero-order valence-corrected chi connectivity index (χ0v) is 11.9. The molecule has 0 bridgehead atoms. The molecule has 0 spiro atoms. The lowest BCUT2D eigenvalue weighted by Crippen LogP contribution is -2.42. The quantitative estimate of drug-likeness (QED) is 0.915. The van der Waals surface area contributed by atoms with Gasteiger partial charge in [0.25, 0.3) is 0 Å². The maximum absolute atomic E-state index is 6.32. The van der Waals surface area contributed by atoms with Crippen molar-refractivity contribution in [2.24, 2.45) is 0 Å². The molecule has 4 heteroatoms. The number of rotatable bonds is 3. The van der Waals surface area contributed by atoms with E-state index in [2.05, 4.69) is 12.2 Å². The monoisotopic (exact) mass is 269 g/mol. The first-order valence-electron chi connectivity index (χ1n) is 6.27. The van der Waals surface area contributed by atoms with Crippen LogP contribution >= 0.6 is 11.6 Å². The Bertz CT molecular complexity index is 428. The molecule has 2 rings (SSSR count). The van der Waals surface area contributed by atoms with Crippen LogP contribution in [0.1, 0.15) is 16.7 Å². The number of halogens is 1. The molecular weight excluding hydrogens is 250 g/mol. The van der Waals surface area contributed by atoms with E-state index in [4.69, 9.17) is 21.1 Å². The van der Waals surface area contributed by atoms with Crippen LogP contribution in [0.15, 0.2) is 6.07 Å². The van der Waals surface area contributed by atoms with Gasteiger partial charge >= 0.3 is 0 Å². The van der Waals surface area contributed by atoms with E-state index in [9.17, 15) is 0 Å². The van der Waals surface area contributed by atoms with E-state index in [-0.39, 0.29) is 0 Å². The zero-order chi connectivity index (χ0) is 13.1. The summed E-state index contributed by atoms with van der Waals surface area (Å²) in [6.45, 7) is 6.50. The van der Waals surface area contributed by atoms with Crippen LogP contribution in [0.4, 0.5) is 0 Å². The normalized spacial score (nSPS) is 19.9. The first-order valence-corrected chi connectivity index (χ1v) is 6.65. The molecule has 1 fully saturated rings. The summed E-state index contributed by atoms with van der Waals surface area (Å²) in [7, 11) is 1.70. The fraction of sp³-hybridized carbons (Fsp3) is 0.571. The van der Waals surface area contributed by atoms with Crippen molar-refractivity contribution < 1.29 is 9.47 Å². The molecule has 1 heterocycles. The predicted molar refractivity (Wildman–Crippen MR) is 73.8 cm³/mol. The Morgan fingerprint density at radius 1 is 1.50 bits per heavy atom. The highest BCUT2D eigenvalue weighted by Crippen LogP contribution is 2.32. The van der Waals surface area contributed by atoms with Crippen LogP contribution in [0, 0.1) is 13.8 Å². The number of nitrogens with one attached hydrogen (secondary N) is 1. The van der Waals surface area contributed by atoms with E-state index < -0.39 is 0 Å². The van der Waals surface area contributed by atoms with Crippen molar-refractivity contribution in [3.63, 3.8) is 0 Å². The summed E-state index contributed by atoms with van der Waals surface area (Å²) < 4.78 is 11.0. The second-order valence-corrected chi connectivity index (χ2v) is 5.12. The van der Waals surface area contributed by atoms with Gasteiger partial charge in [0, 0.05) is 23.2 Å². The molecule has 0 amide bonds. The third-order valence-corrected chi connectivity index (χ3v) is 4.02. The molecule has 1 aliphatic heterocycles. The number of benzene rings is 1. The van der Waals surface area contributed by atoms with Crippen molar-refractivity contribution in [3.8, 4) is 5.75 Å². The van der Waals surface area contributed by atoms with Gasteiger partial charge in [-0.15, -0.1) is 0 Å². The summed E-state index contributed by atoms with van der Waals surface area (Å²) in [5.41, 5.74) is 3.35. The molecule has 1 saturated heterocycles. The molecule has 0 saturated carbocycles. The Morgan fingerprint density at radius 2 is 2.28 bits per heavy atom. The number of methoxy groups -OCH3 is 1. The highest BCUT2D eigenvalue weighted by atomic mass is 35.5. The molecule has 0 radical (unpaired) electrons. The van der Waals surface area contributed by atoms with Crippen LogP contribution in [-0.2, 0) is 11.2 Å². The van der Waals surface area contributed by atoms with Crippen molar-refractivity contribution in [2.45, 2.75) is 26.3 Å². The smallest absolute Gasteiger partial charge is 0.122 e. The predicted octanol–water partition coefficient (Wildman–Crippen LogP) is 2.50. The maximum atomic E-state index is 6.32. The van der Waals surface area contributed by atoms with Crippen LogP contribution in [0.25, 0.3) is 0 Å². The fourth-order valence-corrected chi connectivity index (χ4v) is 2.56. The van der Waals surface area contributed by atoms with E-state index >= 15 is 0 Å². The minimum absolute atomic E-state index is 0.338. The summed E-state index contributed by atoms with van der Waals surface area (Å²) >= 11 is 6.32. The van der Waals surface area contributed by atoms with Gasteiger partial charge in [-0.3, -0.25) is 0 Å². The zero-order valence-electron chi connectivity index (χ0n) is 11.2. The average Bonchev–Trinajstić information content (AvgIpc) is 2.40. The van der Waals surface area contributed by atoms with Crippen LogP contribution in [0.2, 0.25) is 5.02 Å². The number of ether oxygens (including phenoxy) is 2. The summed E-state index contributed by atoms with van der Waals surface area (Å²) in [5, 5.41) is 4.29. The van der Waals surface area contributed by atoms with Crippen LogP contribution in [-0.4, -0.2) is 32.9 Å². The van der Waals surface area contributed by atoms with Gasteiger partial charge < -0.3 is 14.8 Å². The molecule has 0 aliphatic carbocycles. The fourth-order valence-electron chi connectivity index (χ4n) is 2.39. The third-order valence-electron chi connectivity index (χ3n) is 3.44. The molecule has 3 nitrogen and oxygen atoms in total. The standard InChI is InChI=1S/C14H20ClNO2/c1-9-6-13(17-3)12(10(2)14(9)15)7-11-8-18-5-4-16-11/h6,11,16H,4-5,7-8H2,1-3H3. The van der Waals surface area contributed by atoms with Gasteiger partial charge in [-0.25, -0.2) is 0 Å². The van der Waals surface area contributed by atoms with Gasteiger partial charge in [-0.1, -0.05) is 11.6 Å². The van der Waals surface area contributed by atoms with Gasteiger partial charge in [-0.05, 0) is 37.5 Å². The van der Waals surface area contributed by atoms with Gasteiger partial charge in [0.15, 0.2) is 0 Å². The van der Waals surface area contributed by atoms with E-state index in [1.165, 1.54) is 5.56 Å². The number of hydrogen-bond acceptors (Lipinski definition) is 3. The second-order valence-electron chi connectivity index (χ2n) is 4.74. The Balaban J connectivity index is 2.27. The van der Waals surface area contributed by atoms with Gasteiger partial charge in [-0.2, -0.15) is 0 Å². The Hall–Kier alpha value is -0.770. The molecule has 100 valence electrons. The van der Waals surface area contributed by atoms with Crippen LogP contribution < -0.4 is 10.1 Å². The Kier molecular flexibility index (Phi) is 4.49. The lowest BCUT2D eigenvalue weighted by molar-refractivity contribution is 0.0768. The van der Waals surface area contributed by atoms with E-state index in [1.807, 2.05) is 13.0 Å². The number of aryl methyl sites for hydroxylation is 1. The first-order chi connectivity index (χ1) is 8.63. The van der Waals surface area contributed by atoms with Crippen molar-refractivity contribution in [3.05, 3.63) is 27.8 Å². The molecule has 18 heavy (non-hydrogen) atoms. The summed E-state index contributed by atoms with van der Waals surface area (Å²) in [6.07, 6.45) is 0.884. The summed E-state index contributed by atoms with van der Waals surface area (Å²) in [4.78, 5) is 0. The lowest BCUT2D eigenvalue weighted by atomic mass is 9.97. The van der Waals surface area contributed by atoms with E-state index in [1.54, 1.807) is 7.11 Å². The molecular formula is C14H20ClNO2. The van der Waals surface area contributed by atoms with Crippen LogP contribution in [0.5, 0.6) is 5.75 Å². The number of hydrogen-bond donors (Lipinski definition) is 1. The minimum Gasteiger partial charge on any atom is -0.496 e. The van der Waals surface area contributed by atoms with Crippen molar-refractivity contribution in [1.29, 1.82) is 0 Å². The highest BCUT2D eigenvalue weighted by molar-refractivity contribution is 6.32. The second kappa shape index (κ2) is 5.91. The van der Waals surface area contributed by atoms with Gasteiger partial charge in [0.2, 0.25) is 0 Å². The molecule has 1 N–H and O–H groups in total. The molecule has 0 aromatic heterocycles. The highest BCUT2D eigenvalue weighted by Gasteiger charge is 2.19. The van der Waals surface area contributed by atoms with Crippen molar-refractivity contribution >= 4 is 11.6 Å². The number of morpholine rings is 1. The molecule has 1 aromatic rings. The summed E-state index contributed by atoms with van der Waals surface area (Å²) in [5.74, 6) is 0.918. The average molecular weight is 270 g/mol. The SMILES string of the molecule is COc1cc(C)c(Cl)c(C)c1CC1COCCN1. The lowest BCUT2D eigenvalue weighted by Gasteiger charge is -2.25. The molecule has 1 aliphatic rings. The molecule has 1 atom stereocenters. The van der Waals surface area contributed by atoms with E-state index in [0.717, 1.165) is 48.1 Å². The Labute approximate surface area is 113 Å². The Morgan fingerprint density at radius 3 is 2.89 bits per heavy atom. The van der Waals surface area contributed by atoms with Crippen molar-refractivity contribution in [2.75, 3.05) is 26.9 Å². The topological polar surface area (TPSA) is 30.5 Å². The third kappa shape index (κ3) is 2.79. The summed E-state index contributed by atoms with van der Waals surface area (Å²) in [6, 6.07) is 2.35. The molecule has 1 unspecified atom stereocenters.